The highest BCUT2D eigenvalue weighted by Gasteiger charge is 2.14. The lowest BCUT2D eigenvalue weighted by molar-refractivity contribution is -0.122. The summed E-state index contributed by atoms with van der Waals surface area (Å²) in [4.78, 5) is 11.9. The van der Waals surface area contributed by atoms with E-state index in [0.717, 1.165) is 17.1 Å². The molecule has 2 heterocycles. The fourth-order valence-electron chi connectivity index (χ4n) is 2.23. The molecular weight excluding hydrogens is 270 g/mol. The summed E-state index contributed by atoms with van der Waals surface area (Å²) in [5.41, 5.74) is 0.986. The Bertz CT molecular complexity index is 625. The van der Waals surface area contributed by atoms with Crippen LogP contribution < -0.4 is 14.8 Å². The van der Waals surface area contributed by atoms with Gasteiger partial charge in [0.2, 0.25) is 12.7 Å². The van der Waals surface area contributed by atoms with Crippen LogP contribution >= 0.6 is 0 Å². The number of rotatable bonds is 5. The van der Waals surface area contributed by atoms with Gasteiger partial charge in [-0.2, -0.15) is 5.10 Å². The molecule has 0 fully saturated rings. The van der Waals surface area contributed by atoms with Crippen LogP contribution in [0.25, 0.3) is 0 Å². The van der Waals surface area contributed by atoms with Gasteiger partial charge < -0.3 is 14.8 Å². The van der Waals surface area contributed by atoms with Crippen molar-refractivity contribution in [3.05, 3.63) is 42.2 Å². The molecule has 6 heteroatoms. The van der Waals surface area contributed by atoms with E-state index in [-0.39, 0.29) is 18.7 Å². The highest BCUT2D eigenvalue weighted by Crippen LogP contribution is 2.32. The summed E-state index contributed by atoms with van der Waals surface area (Å²) in [7, 11) is 0. The third-order valence-corrected chi connectivity index (χ3v) is 3.38. The molecule has 0 spiro atoms. The number of ether oxygens (including phenoxy) is 2. The SMILES string of the molecule is C[C@@H](CC(=O)NCc1ccc2c(c1)OCO2)n1cccn1. The molecule has 1 aliphatic rings. The molecule has 0 saturated carbocycles. The second-order valence-corrected chi connectivity index (χ2v) is 5.00. The third kappa shape index (κ3) is 3.16. The van der Waals surface area contributed by atoms with Crippen molar-refractivity contribution in [1.29, 1.82) is 0 Å². The first-order chi connectivity index (χ1) is 10.2. The number of fused-ring (bicyclic) bond motifs is 1. The average molecular weight is 287 g/mol. The number of carbonyl (C=O) groups excluding carboxylic acids is 1. The number of amides is 1. The molecule has 0 saturated heterocycles. The number of aromatic nitrogens is 2. The minimum atomic E-state index is -0.00401. The first-order valence-corrected chi connectivity index (χ1v) is 6.87. The highest BCUT2D eigenvalue weighted by atomic mass is 16.7. The van der Waals surface area contributed by atoms with Crippen molar-refractivity contribution in [2.24, 2.45) is 0 Å². The summed E-state index contributed by atoms with van der Waals surface area (Å²) < 4.78 is 12.3. The molecular formula is C15H17N3O3. The molecule has 2 aromatic rings. The van der Waals surface area contributed by atoms with Gasteiger partial charge in [-0.3, -0.25) is 9.48 Å². The van der Waals surface area contributed by atoms with E-state index in [4.69, 9.17) is 9.47 Å². The zero-order valence-electron chi connectivity index (χ0n) is 11.8. The molecule has 1 atom stereocenters. The van der Waals surface area contributed by atoms with Gasteiger partial charge in [0.15, 0.2) is 11.5 Å². The molecule has 110 valence electrons. The lowest BCUT2D eigenvalue weighted by Crippen LogP contribution is -2.25. The monoisotopic (exact) mass is 287 g/mol. The van der Waals surface area contributed by atoms with E-state index in [2.05, 4.69) is 10.4 Å². The quantitative estimate of drug-likeness (QED) is 0.912. The largest absolute Gasteiger partial charge is 0.454 e. The van der Waals surface area contributed by atoms with Crippen LogP contribution in [0.15, 0.2) is 36.7 Å². The molecule has 1 N–H and O–H groups in total. The number of carbonyl (C=O) groups is 1. The molecule has 1 aromatic heterocycles. The van der Waals surface area contributed by atoms with E-state index in [1.54, 1.807) is 10.9 Å². The van der Waals surface area contributed by atoms with Gasteiger partial charge in [-0.15, -0.1) is 0 Å². The van der Waals surface area contributed by atoms with Crippen LogP contribution in [-0.2, 0) is 11.3 Å². The molecule has 0 radical (unpaired) electrons. The molecule has 0 bridgehead atoms. The Hall–Kier alpha value is -2.50. The van der Waals surface area contributed by atoms with E-state index in [1.807, 2.05) is 37.4 Å². The lowest BCUT2D eigenvalue weighted by Gasteiger charge is -2.12. The molecule has 0 aliphatic carbocycles. The van der Waals surface area contributed by atoms with Crippen LogP contribution in [-0.4, -0.2) is 22.5 Å². The third-order valence-electron chi connectivity index (χ3n) is 3.38. The summed E-state index contributed by atoms with van der Waals surface area (Å²) in [6.45, 7) is 2.70. The topological polar surface area (TPSA) is 65.4 Å². The Kier molecular flexibility index (Phi) is 3.77. The first kappa shape index (κ1) is 13.5. The summed E-state index contributed by atoms with van der Waals surface area (Å²) in [5, 5.41) is 7.04. The number of hydrogen-bond acceptors (Lipinski definition) is 4. The maximum atomic E-state index is 11.9. The summed E-state index contributed by atoms with van der Waals surface area (Å²) in [5.74, 6) is 1.47. The van der Waals surface area contributed by atoms with Gasteiger partial charge in [0.1, 0.15) is 0 Å². The van der Waals surface area contributed by atoms with Crippen molar-refractivity contribution < 1.29 is 14.3 Å². The fourth-order valence-corrected chi connectivity index (χ4v) is 2.23. The van der Waals surface area contributed by atoms with Crippen LogP contribution in [0.1, 0.15) is 24.9 Å². The van der Waals surface area contributed by atoms with E-state index >= 15 is 0 Å². The van der Waals surface area contributed by atoms with Crippen molar-refractivity contribution in [3.8, 4) is 11.5 Å². The van der Waals surface area contributed by atoms with Gasteiger partial charge in [-0.05, 0) is 30.7 Å². The summed E-state index contributed by atoms with van der Waals surface area (Å²) >= 11 is 0. The standard InChI is InChI=1S/C15H17N3O3/c1-11(18-6-2-5-17-18)7-15(19)16-9-12-3-4-13-14(8-12)21-10-20-13/h2-6,8,11H,7,9-10H2,1H3,(H,16,19)/t11-/m0/s1. The maximum Gasteiger partial charge on any atom is 0.231 e. The number of nitrogens with zero attached hydrogens (tertiary/aromatic N) is 2. The van der Waals surface area contributed by atoms with Crippen molar-refractivity contribution >= 4 is 5.91 Å². The normalized spacial score (nSPS) is 14.0. The van der Waals surface area contributed by atoms with Gasteiger partial charge in [0.25, 0.3) is 0 Å². The second kappa shape index (κ2) is 5.87. The van der Waals surface area contributed by atoms with Crippen LogP contribution in [0.4, 0.5) is 0 Å². The van der Waals surface area contributed by atoms with Gasteiger partial charge in [0.05, 0.1) is 6.04 Å². The fraction of sp³-hybridized carbons (Fsp3) is 0.333. The number of benzene rings is 1. The molecule has 1 aliphatic heterocycles. The van der Waals surface area contributed by atoms with Crippen LogP contribution in [0, 0.1) is 0 Å². The number of nitrogens with one attached hydrogen (secondary N) is 1. The lowest BCUT2D eigenvalue weighted by atomic mass is 10.2. The summed E-state index contributed by atoms with van der Waals surface area (Å²) in [6, 6.07) is 7.55. The molecule has 0 unspecified atom stereocenters. The second-order valence-electron chi connectivity index (χ2n) is 5.00. The average Bonchev–Trinajstić information content (AvgIpc) is 3.15. The predicted molar refractivity (Wildman–Crippen MR) is 76.0 cm³/mol. The van der Waals surface area contributed by atoms with Crippen LogP contribution in [0.3, 0.4) is 0 Å². The Morgan fingerprint density at radius 2 is 2.29 bits per heavy atom. The van der Waals surface area contributed by atoms with Gasteiger partial charge in [-0.1, -0.05) is 6.07 Å². The first-order valence-electron chi connectivity index (χ1n) is 6.87. The Morgan fingerprint density at radius 3 is 3.10 bits per heavy atom. The Morgan fingerprint density at radius 1 is 1.43 bits per heavy atom. The van der Waals surface area contributed by atoms with E-state index in [0.29, 0.717) is 13.0 Å². The molecule has 6 nitrogen and oxygen atoms in total. The van der Waals surface area contributed by atoms with Crippen molar-refractivity contribution in [2.45, 2.75) is 25.9 Å². The van der Waals surface area contributed by atoms with Crippen LogP contribution in [0.5, 0.6) is 11.5 Å². The molecule has 1 aromatic carbocycles. The minimum absolute atomic E-state index is 0.00401. The summed E-state index contributed by atoms with van der Waals surface area (Å²) in [6.07, 6.45) is 3.96. The van der Waals surface area contributed by atoms with Crippen molar-refractivity contribution in [1.82, 2.24) is 15.1 Å². The van der Waals surface area contributed by atoms with E-state index < -0.39 is 0 Å². The van der Waals surface area contributed by atoms with E-state index in [9.17, 15) is 4.79 Å². The van der Waals surface area contributed by atoms with Gasteiger partial charge >= 0.3 is 0 Å². The maximum absolute atomic E-state index is 11.9. The number of hydrogen-bond donors (Lipinski definition) is 1. The van der Waals surface area contributed by atoms with Crippen molar-refractivity contribution in [2.75, 3.05) is 6.79 Å². The predicted octanol–water partition coefficient (Wildman–Crippen LogP) is 1.88. The van der Waals surface area contributed by atoms with Gasteiger partial charge in [-0.25, -0.2) is 0 Å². The minimum Gasteiger partial charge on any atom is -0.454 e. The Balaban J connectivity index is 1.52. The zero-order valence-corrected chi connectivity index (χ0v) is 11.8. The van der Waals surface area contributed by atoms with Crippen LogP contribution in [0.2, 0.25) is 0 Å². The molecule has 3 rings (SSSR count). The zero-order chi connectivity index (χ0) is 14.7. The van der Waals surface area contributed by atoms with Gasteiger partial charge in [0, 0.05) is 25.4 Å². The highest BCUT2D eigenvalue weighted by molar-refractivity contribution is 5.76. The molecule has 21 heavy (non-hydrogen) atoms. The van der Waals surface area contributed by atoms with Crippen molar-refractivity contribution in [3.63, 3.8) is 0 Å². The van der Waals surface area contributed by atoms with E-state index in [1.165, 1.54) is 0 Å². The Labute approximate surface area is 122 Å². The smallest absolute Gasteiger partial charge is 0.231 e. The molecule has 1 amide bonds.